The minimum atomic E-state index is -2.80. The second kappa shape index (κ2) is 5.50. The summed E-state index contributed by atoms with van der Waals surface area (Å²) in [5.74, 6) is 0.471. The zero-order valence-corrected chi connectivity index (χ0v) is 9.18. The highest BCUT2D eigenvalue weighted by Crippen LogP contribution is 2.16. The summed E-state index contributed by atoms with van der Waals surface area (Å²) in [6.07, 6.45) is -2.32. The van der Waals surface area contributed by atoms with Crippen LogP contribution in [0.25, 0.3) is 0 Å². The van der Waals surface area contributed by atoms with Gasteiger partial charge in [-0.2, -0.15) is 4.98 Å². The zero-order valence-electron chi connectivity index (χ0n) is 9.18. The van der Waals surface area contributed by atoms with Gasteiger partial charge < -0.3 is 14.4 Å². The van der Waals surface area contributed by atoms with E-state index in [1.165, 1.54) is 0 Å². The molecular formula is C10H14F2N2O3. The Balaban J connectivity index is 1.86. The van der Waals surface area contributed by atoms with Crippen LogP contribution < -0.4 is 0 Å². The fraction of sp³-hybridized carbons (Fsp3) is 0.800. The van der Waals surface area contributed by atoms with Gasteiger partial charge in [-0.25, -0.2) is 8.78 Å². The molecule has 0 aliphatic carbocycles. The molecule has 96 valence electrons. The molecule has 7 heteroatoms. The molecule has 0 amide bonds. The van der Waals surface area contributed by atoms with Gasteiger partial charge in [0, 0.05) is 13.0 Å². The quantitative estimate of drug-likeness (QED) is 0.840. The lowest BCUT2D eigenvalue weighted by Gasteiger charge is -2.05. The highest BCUT2D eigenvalue weighted by Gasteiger charge is 2.22. The zero-order chi connectivity index (χ0) is 12.3. The lowest BCUT2D eigenvalue weighted by molar-refractivity contribution is -0.00754. The SMILES string of the molecule is OC(Cc1nc(CC2CCCO2)no1)C(F)F. The summed E-state index contributed by atoms with van der Waals surface area (Å²) in [4.78, 5) is 3.94. The van der Waals surface area contributed by atoms with Crippen molar-refractivity contribution >= 4 is 0 Å². The van der Waals surface area contributed by atoms with E-state index in [4.69, 9.17) is 14.4 Å². The van der Waals surface area contributed by atoms with E-state index in [9.17, 15) is 8.78 Å². The average Bonchev–Trinajstić information content (AvgIpc) is 2.91. The minimum absolute atomic E-state index is 0.0331. The maximum atomic E-state index is 12.1. The molecule has 1 saturated heterocycles. The van der Waals surface area contributed by atoms with E-state index >= 15 is 0 Å². The summed E-state index contributed by atoms with van der Waals surface area (Å²) in [7, 11) is 0. The van der Waals surface area contributed by atoms with E-state index in [-0.39, 0.29) is 18.4 Å². The van der Waals surface area contributed by atoms with Crippen molar-refractivity contribution < 1.29 is 23.1 Å². The molecule has 1 fully saturated rings. The maximum absolute atomic E-state index is 12.1. The van der Waals surface area contributed by atoms with Crippen LogP contribution in [0.2, 0.25) is 0 Å². The topological polar surface area (TPSA) is 68.4 Å². The number of halogens is 2. The van der Waals surface area contributed by atoms with Crippen LogP contribution in [-0.4, -0.2) is 40.5 Å². The van der Waals surface area contributed by atoms with Gasteiger partial charge in [0.2, 0.25) is 5.89 Å². The lowest BCUT2D eigenvalue weighted by Crippen LogP contribution is -2.20. The molecule has 5 nitrogen and oxygen atoms in total. The number of aliphatic hydroxyl groups excluding tert-OH is 1. The average molecular weight is 248 g/mol. The third-order valence-electron chi connectivity index (χ3n) is 2.62. The van der Waals surface area contributed by atoms with Crippen molar-refractivity contribution in [3.8, 4) is 0 Å². The molecule has 17 heavy (non-hydrogen) atoms. The molecular weight excluding hydrogens is 234 g/mol. The smallest absolute Gasteiger partial charge is 0.264 e. The van der Waals surface area contributed by atoms with Gasteiger partial charge in [0.25, 0.3) is 6.43 Å². The fourth-order valence-corrected chi connectivity index (χ4v) is 1.73. The highest BCUT2D eigenvalue weighted by atomic mass is 19.3. The van der Waals surface area contributed by atoms with Crippen molar-refractivity contribution in [3.05, 3.63) is 11.7 Å². The minimum Gasteiger partial charge on any atom is -0.387 e. The summed E-state index contributed by atoms with van der Waals surface area (Å²) in [5, 5.41) is 12.6. The molecule has 2 atom stereocenters. The predicted octanol–water partition coefficient (Wildman–Crippen LogP) is 0.960. The van der Waals surface area contributed by atoms with E-state index in [1.807, 2.05) is 0 Å². The standard InChI is InChI=1S/C10H14F2N2O3/c11-10(12)7(15)5-9-13-8(14-17-9)4-6-2-1-3-16-6/h6-7,10,15H,1-5H2. The third-order valence-corrected chi connectivity index (χ3v) is 2.62. The Morgan fingerprint density at radius 1 is 1.47 bits per heavy atom. The van der Waals surface area contributed by atoms with Gasteiger partial charge in [-0.05, 0) is 12.8 Å². The Hall–Kier alpha value is -1.08. The molecule has 2 rings (SSSR count). The summed E-state index contributed by atoms with van der Waals surface area (Å²) < 4.78 is 34.4. The molecule has 0 aromatic carbocycles. The van der Waals surface area contributed by atoms with Crippen LogP contribution in [0, 0.1) is 0 Å². The van der Waals surface area contributed by atoms with Gasteiger partial charge >= 0.3 is 0 Å². The number of alkyl halides is 2. The van der Waals surface area contributed by atoms with Crippen LogP contribution in [0.3, 0.4) is 0 Å². The Kier molecular flexibility index (Phi) is 4.01. The second-order valence-corrected chi connectivity index (χ2v) is 4.05. The van der Waals surface area contributed by atoms with Crippen molar-refractivity contribution in [2.75, 3.05) is 6.61 Å². The van der Waals surface area contributed by atoms with Crippen molar-refractivity contribution in [1.82, 2.24) is 10.1 Å². The van der Waals surface area contributed by atoms with Crippen molar-refractivity contribution in [2.45, 2.75) is 44.3 Å². The number of aliphatic hydroxyl groups is 1. The van der Waals surface area contributed by atoms with Crippen LogP contribution >= 0.6 is 0 Å². The summed E-state index contributed by atoms with van der Waals surface area (Å²) in [6, 6.07) is 0. The van der Waals surface area contributed by atoms with E-state index < -0.39 is 12.5 Å². The monoisotopic (exact) mass is 248 g/mol. The fourth-order valence-electron chi connectivity index (χ4n) is 1.73. The van der Waals surface area contributed by atoms with Crippen LogP contribution in [0.5, 0.6) is 0 Å². The molecule has 1 aromatic rings. The summed E-state index contributed by atoms with van der Waals surface area (Å²) >= 11 is 0. The number of hydrogen-bond acceptors (Lipinski definition) is 5. The van der Waals surface area contributed by atoms with Gasteiger partial charge in [-0.1, -0.05) is 5.16 Å². The number of hydrogen-bond donors (Lipinski definition) is 1. The van der Waals surface area contributed by atoms with Crippen LogP contribution in [0.4, 0.5) is 8.78 Å². The van der Waals surface area contributed by atoms with E-state index in [0.717, 1.165) is 19.4 Å². The van der Waals surface area contributed by atoms with Gasteiger partial charge in [-0.3, -0.25) is 0 Å². The number of rotatable bonds is 5. The molecule has 1 aliphatic rings. The van der Waals surface area contributed by atoms with Crippen LogP contribution in [0.1, 0.15) is 24.6 Å². The number of nitrogens with zero attached hydrogens (tertiary/aromatic N) is 2. The molecule has 2 heterocycles. The molecule has 1 aromatic heterocycles. The van der Waals surface area contributed by atoms with Gasteiger partial charge in [0.1, 0.15) is 6.10 Å². The van der Waals surface area contributed by atoms with E-state index in [2.05, 4.69) is 10.1 Å². The van der Waals surface area contributed by atoms with Crippen molar-refractivity contribution in [3.63, 3.8) is 0 Å². The lowest BCUT2D eigenvalue weighted by atomic mass is 10.2. The Morgan fingerprint density at radius 2 is 2.29 bits per heavy atom. The van der Waals surface area contributed by atoms with E-state index in [1.54, 1.807) is 0 Å². The third kappa shape index (κ3) is 3.44. The molecule has 1 aliphatic heterocycles. The molecule has 1 N–H and O–H groups in total. The summed E-state index contributed by atoms with van der Waals surface area (Å²) in [6.45, 7) is 0.736. The van der Waals surface area contributed by atoms with E-state index in [0.29, 0.717) is 12.2 Å². The van der Waals surface area contributed by atoms with Crippen LogP contribution in [-0.2, 0) is 17.6 Å². The molecule has 0 bridgehead atoms. The first-order valence-corrected chi connectivity index (χ1v) is 5.54. The maximum Gasteiger partial charge on any atom is 0.264 e. The van der Waals surface area contributed by atoms with Gasteiger partial charge in [0.15, 0.2) is 5.82 Å². The van der Waals surface area contributed by atoms with Crippen LogP contribution in [0.15, 0.2) is 4.52 Å². The second-order valence-electron chi connectivity index (χ2n) is 4.05. The first-order chi connectivity index (χ1) is 8.15. The first-order valence-electron chi connectivity index (χ1n) is 5.54. The Labute approximate surface area is 96.8 Å². The predicted molar refractivity (Wildman–Crippen MR) is 52.7 cm³/mol. The number of ether oxygens (including phenoxy) is 1. The van der Waals surface area contributed by atoms with Gasteiger partial charge in [0.05, 0.1) is 12.5 Å². The van der Waals surface area contributed by atoms with Crippen molar-refractivity contribution in [1.29, 1.82) is 0 Å². The largest absolute Gasteiger partial charge is 0.387 e. The van der Waals surface area contributed by atoms with Gasteiger partial charge in [-0.15, -0.1) is 0 Å². The number of aromatic nitrogens is 2. The highest BCUT2D eigenvalue weighted by molar-refractivity contribution is 4.91. The molecule has 0 spiro atoms. The molecule has 0 radical (unpaired) electrons. The normalized spacial score (nSPS) is 22.2. The Morgan fingerprint density at radius 3 is 2.94 bits per heavy atom. The first kappa shape index (κ1) is 12.4. The Bertz CT molecular complexity index is 335. The molecule has 0 saturated carbocycles. The van der Waals surface area contributed by atoms with Crippen molar-refractivity contribution in [2.24, 2.45) is 0 Å². The molecule has 2 unspecified atom stereocenters. The summed E-state index contributed by atoms with van der Waals surface area (Å²) in [5.41, 5.74) is 0.